The van der Waals surface area contributed by atoms with Gasteiger partial charge in [-0.05, 0) is 50.3 Å². The van der Waals surface area contributed by atoms with Crippen LogP contribution in [0.4, 0.5) is 0 Å². The van der Waals surface area contributed by atoms with E-state index in [1.54, 1.807) is 17.8 Å². The molecule has 0 radical (unpaired) electrons. The Morgan fingerprint density at radius 2 is 2.16 bits per heavy atom. The van der Waals surface area contributed by atoms with Crippen LogP contribution in [0.2, 0.25) is 0 Å². The molecular formula is C23H28N4O3S. The number of para-hydroxylation sites is 1. The first-order chi connectivity index (χ1) is 15.1. The average molecular weight is 441 g/mol. The summed E-state index contributed by atoms with van der Waals surface area (Å²) in [6.45, 7) is 3.10. The number of aryl methyl sites for hydroxylation is 1. The standard InChI is InChI=1S/C23H28N4O3S/c1-14-21-17(16-7-3-4-8-18(16)26-21)12-20(25-14)23(29)27-19(9-11-31-2)22(28)24-13-15-6-5-10-30-15/h3-4,7-8,12,15,19,26H,5-6,9-11,13H2,1-2H3,(H,24,28)(H,27,29). The SMILES string of the molecule is CSCCC(NC(=O)c1cc2c([nH]c3ccccc32)c(C)n1)C(=O)NCC1CCCO1. The van der Waals surface area contributed by atoms with E-state index in [9.17, 15) is 9.59 Å². The zero-order valence-corrected chi connectivity index (χ0v) is 18.7. The number of fused-ring (bicyclic) bond motifs is 3. The molecule has 3 aromatic rings. The lowest BCUT2D eigenvalue weighted by Crippen LogP contribution is -2.48. The first kappa shape index (κ1) is 21.6. The van der Waals surface area contributed by atoms with Gasteiger partial charge in [-0.3, -0.25) is 9.59 Å². The maximum Gasteiger partial charge on any atom is 0.270 e. The number of aromatic amines is 1. The average Bonchev–Trinajstić information content (AvgIpc) is 3.43. The topological polar surface area (TPSA) is 96.1 Å². The molecule has 3 heterocycles. The first-order valence-corrected chi connectivity index (χ1v) is 12.0. The lowest BCUT2D eigenvalue weighted by molar-refractivity contribution is -0.123. The molecule has 0 saturated carbocycles. The van der Waals surface area contributed by atoms with E-state index in [1.165, 1.54) is 0 Å². The molecule has 2 atom stereocenters. The highest BCUT2D eigenvalue weighted by Gasteiger charge is 2.24. The largest absolute Gasteiger partial charge is 0.376 e. The van der Waals surface area contributed by atoms with Crippen LogP contribution in [-0.4, -0.2) is 59.1 Å². The van der Waals surface area contributed by atoms with E-state index >= 15 is 0 Å². The normalized spacial score (nSPS) is 17.2. The minimum Gasteiger partial charge on any atom is -0.376 e. The van der Waals surface area contributed by atoms with Crippen LogP contribution in [0.1, 0.15) is 35.4 Å². The fourth-order valence-corrected chi connectivity index (χ4v) is 4.47. The van der Waals surface area contributed by atoms with Crippen molar-refractivity contribution in [2.24, 2.45) is 0 Å². The summed E-state index contributed by atoms with van der Waals surface area (Å²) < 4.78 is 5.58. The lowest BCUT2D eigenvalue weighted by Gasteiger charge is -2.19. The van der Waals surface area contributed by atoms with Crippen molar-refractivity contribution in [2.45, 2.75) is 38.3 Å². The number of nitrogens with one attached hydrogen (secondary N) is 3. The highest BCUT2D eigenvalue weighted by atomic mass is 32.2. The second kappa shape index (κ2) is 9.70. The Kier molecular flexibility index (Phi) is 6.77. The molecule has 2 unspecified atom stereocenters. The summed E-state index contributed by atoms with van der Waals surface area (Å²) in [4.78, 5) is 33.7. The van der Waals surface area contributed by atoms with Crippen LogP contribution in [0.5, 0.6) is 0 Å². The molecule has 0 bridgehead atoms. The molecule has 1 aromatic carbocycles. The molecule has 7 nitrogen and oxygen atoms in total. The molecule has 1 saturated heterocycles. The van der Waals surface area contributed by atoms with Crippen molar-refractivity contribution in [1.82, 2.24) is 20.6 Å². The fourth-order valence-electron chi connectivity index (χ4n) is 4.00. The second-order valence-corrected chi connectivity index (χ2v) is 8.86. The predicted octanol–water partition coefficient (Wildman–Crippen LogP) is 3.17. The van der Waals surface area contributed by atoms with E-state index in [0.717, 1.165) is 52.7 Å². The number of nitrogens with zero attached hydrogens (tertiary/aromatic N) is 1. The maximum absolute atomic E-state index is 13.0. The molecule has 1 aliphatic rings. The molecule has 8 heteroatoms. The van der Waals surface area contributed by atoms with Crippen molar-refractivity contribution < 1.29 is 14.3 Å². The van der Waals surface area contributed by atoms with Gasteiger partial charge in [0.05, 0.1) is 17.3 Å². The Labute approximate surface area is 185 Å². The third kappa shape index (κ3) is 4.85. The first-order valence-electron chi connectivity index (χ1n) is 10.6. The number of ether oxygens (including phenoxy) is 1. The second-order valence-electron chi connectivity index (χ2n) is 7.87. The number of rotatable bonds is 8. The molecule has 1 aliphatic heterocycles. The molecule has 0 aliphatic carbocycles. The van der Waals surface area contributed by atoms with Crippen molar-refractivity contribution in [3.8, 4) is 0 Å². The number of H-pyrrole nitrogens is 1. The third-order valence-corrected chi connectivity index (χ3v) is 6.31. The molecule has 0 spiro atoms. The number of benzene rings is 1. The van der Waals surface area contributed by atoms with Gasteiger partial charge in [0.25, 0.3) is 5.91 Å². The van der Waals surface area contributed by atoms with Crippen molar-refractivity contribution in [1.29, 1.82) is 0 Å². The van der Waals surface area contributed by atoms with Gasteiger partial charge in [0.2, 0.25) is 5.91 Å². The van der Waals surface area contributed by atoms with Crippen LogP contribution in [0, 0.1) is 6.92 Å². The minimum atomic E-state index is -0.609. The number of hydrogen-bond donors (Lipinski definition) is 3. The summed E-state index contributed by atoms with van der Waals surface area (Å²) in [6, 6.07) is 9.16. The molecule has 1 fully saturated rings. The van der Waals surface area contributed by atoms with Crippen LogP contribution in [0.3, 0.4) is 0 Å². The Morgan fingerprint density at radius 1 is 1.32 bits per heavy atom. The summed E-state index contributed by atoms with van der Waals surface area (Å²) in [7, 11) is 0. The number of thioether (sulfide) groups is 1. The minimum absolute atomic E-state index is 0.0643. The van der Waals surface area contributed by atoms with Gasteiger partial charge < -0.3 is 20.4 Å². The van der Waals surface area contributed by atoms with Gasteiger partial charge in [-0.2, -0.15) is 11.8 Å². The lowest BCUT2D eigenvalue weighted by atomic mass is 10.1. The quantitative estimate of drug-likeness (QED) is 0.500. The summed E-state index contributed by atoms with van der Waals surface area (Å²) >= 11 is 1.64. The monoisotopic (exact) mass is 440 g/mol. The van der Waals surface area contributed by atoms with Crippen molar-refractivity contribution >= 4 is 45.4 Å². The molecular weight excluding hydrogens is 412 g/mol. The zero-order valence-electron chi connectivity index (χ0n) is 17.9. The highest BCUT2D eigenvalue weighted by molar-refractivity contribution is 7.98. The van der Waals surface area contributed by atoms with Crippen LogP contribution in [-0.2, 0) is 9.53 Å². The Balaban J connectivity index is 1.52. The van der Waals surface area contributed by atoms with Gasteiger partial charge in [0, 0.05) is 29.4 Å². The van der Waals surface area contributed by atoms with Crippen molar-refractivity contribution in [3.63, 3.8) is 0 Å². The summed E-state index contributed by atoms with van der Waals surface area (Å²) in [5.74, 6) is 0.253. The van der Waals surface area contributed by atoms with E-state index in [1.807, 2.05) is 37.4 Å². The van der Waals surface area contributed by atoms with Gasteiger partial charge in [0.15, 0.2) is 0 Å². The van der Waals surface area contributed by atoms with Gasteiger partial charge in [-0.25, -0.2) is 4.98 Å². The van der Waals surface area contributed by atoms with Gasteiger partial charge in [-0.15, -0.1) is 0 Å². The van der Waals surface area contributed by atoms with Crippen molar-refractivity contribution in [2.75, 3.05) is 25.2 Å². The smallest absolute Gasteiger partial charge is 0.270 e. The van der Waals surface area contributed by atoms with E-state index < -0.39 is 6.04 Å². The van der Waals surface area contributed by atoms with E-state index in [4.69, 9.17) is 4.74 Å². The van der Waals surface area contributed by atoms with Gasteiger partial charge >= 0.3 is 0 Å². The molecule has 31 heavy (non-hydrogen) atoms. The highest BCUT2D eigenvalue weighted by Crippen LogP contribution is 2.27. The molecule has 4 rings (SSSR count). The van der Waals surface area contributed by atoms with Crippen LogP contribution in [0.25, 0.3) is 21.8 Å². The van der Waals surface area contributed by atoms with E-state index in [-0.39, 0.29) is 17.9 Å². The Morgan fingerprint density at radius 3 is 2.94 bits per heavy atom. The molecule has 2 amide bonds. The van der Waals surface area contributed by atoms with Crippen LogP contribution < -0.4 is 10.6 Å². The zero-order chi connectivity index (χ0) is 21.8. The summed E-state index contributed by atoms with van der Waals surface area (Å²) in [5.41, 5.74) is 3.00. The van der Waals surface area contributed by atoms with Crippen LogP contribution in [0.15, 0.2) is 30.3 Å². The number of amides is 2. The fraction of sp³-hybridized carbons (Fsp3) is 0.435. The molecule has 164 valence electrons. The molecule has 3 N–H and O–H groups in total. The van der Waals surface area contributed by atoms with Crippen molar-refractivity contribution in [3.05, 3.63) is 41.7 Å². The predicted molar refractivity (Wildman–Crippen MR) is 125 cm³/mol. The number of hydrogen-bond acceptors (Lipinski definition) is 5. The molecule has 2 aromatic heterocycles. The number of aromatic nitrogens is 2. The van der Waals surface area contributed by atoms with Crippen LogP contribution >= 0.6 is 11.8 Å². The number of carbonyl (C=O) groups excluding carboxylic acids is 2. The van der Waals surface area contributed by atoms with Gasteiger partial charge in [0.1, 0.15) is 11.7 Å². The van der Waals surface area contributed by atoms with Gasteiger partial charge in [-0.1, -0.05) is 18.2 Å². The van der Waals surface area contributed by atoms with E-state index in [2.05, 4.69) is 20.6 Å². The van der Waals surface area contributed by atoms with E-state index in [0.29, 0.717) is 18.7 Å². The number of pyridine rings is 1. The maximum atomic E-state index is 13.0. The Hall–Kier alpha value is -2.58. The Bertz CT molecular complexity index is 1090. The third-order valence-electron chi connectivity index (χ3n) is 5.67. The summed E-state index contributed by atoms with van der Waals surface area (Å²) in [6.07, 6.45) is 4.58. The summed E-state index contributed by atoms with van der Waals surface area (Å²) in [5, 5.41) is 7.84. The number of carbonyl (C=O) groups is 2.